The van der Waals surface area contributed by atoms with Gasteiger partial charge < -0.3 is 9.47 Å². The van der Waals surface area contributed by atoms with E-state index in [1.165, 1.54) is 11.8 Å². The molecule has 188 valence electrons. The van der Waals surface area contributed by atoms with Gasteiger partial charge in [0, 0.05) is 17.1 Å². The number of aliphatic imine (C=N–C) groups is 1. The van der Waals surface area contributed by atoms with Crippen molar-refractivity contribution < 1.29 is 14.3 Å². The first-order chi connectivity index (χ1) is 17.9. The van der Waals surface area contributed by atoms with Gasteiger partial charge in [-0.15, -0.1) is 0 Å². The molecule has 0 bridgehead atoms. The molecular formula is C28H23ClIN3O3S. The van der Waals surface area contributed by atoms with Crippen LogP contribution in [0.15, 0.2) is 70.6 Å². The Morgan fingerprint density at radius 3 is 2.65 bits per heavy atom. The van der Waals surface area contributed by atoms with E-state index in [1.807, 2.05) is 55.5 Å². The Hall–Kier alpha value is -3.00. The van der Waals surface area contributed by atoms with Crippen LogP contribution in [0.2, 0.25) is 5.02 Å². The Morgan fingerprint density at radius 1 is 1.19 bits per heavy atom. The number of nitrogens with zero attached hydrogens (tertiary/aromatic N) is 3. The number of thioether (sulfide) groups is 1. The minimum Gasteiger partial charge on any atom is -0.493 e. The lowest BCUT2D eigenvalue weighted by atomic mass is 10.1. The second kappa shape index (κ2) is 12.5. The van der Waals surface area contributed by atoms with E-state index in [4.69, 9.17) is 26.1 Å². The van der Waals surface area contributed by atoms with Crippen LogP contribution in [0.4, 0.5) is 5.69 Å². The number of hydrogen-bond donors (Lipinski definition) is 0. The standard InChI is InChI=1S/C28H23ClIN3O3S/c1-3-12-33-27(34)25(37-28(33)32-22-10-8-21(29)9-11-22)15-18-13-23(30)26(24(14-18)35-2)36-17-20-7-5-4-6-19(20)16-31/h4-11,13-15H,3,12,17H2,1-2H3/b25-15-,32-28?. The van der Waals surface area contributed by atoms with Gasteiger partial charge in [-0.2, -0.15) is 5.26 Å². The Labute approximate surface area is 239 Å². The van der Waals surface area contributed by atoms with Gasteiger partial charge in [-0.3, -0.25) is 9.69 Å². The third kappa shape index (κ3) is 6.47. The van der Waals surface area contributed by atoms with Crippen LogP contribution >= 0.6 is 46.0 Å². The van der Waals surface area contributed by atoms with Crippen LogP contribution in [0, 0.1) is 14.9 Å². The zero-order chi connectivity index (χ0) is 26.4. The molecule has 4 rings (SSSR count). The van der Waals surface area contributed by atoms with Gasteiger partial charge in [0.25, 0.3) is 5.91 Å². The highest BCUT2D eigenvalue weighted by molar-refractivity contribution is 14.1. The van der Waals surface area contributed by atoms with E-state index in [2.05, 4.69) is 28.7 Å². The van der Waals surface area contributed by atoms with Crippen LogP contribution in [0.1, 0.15) is 30.0 Å². The summed E-state index contributed by atoms with van der Waals surface area (Å²) >= 11 is 9.53. The normalized spacial score (nSPS) is 15.3. The van der Waals surface area contributed by atoms with Gasteiger partial charge in [0.15, 0.2) is 16.7 Å². The van der Waals surface area contributed by atoms with E-state index < -0.39 is 0 Å². The average molecular weight is 644 g/mol. The van der Waals surface area contributed by atoms with Crippen LogP contribution in [0.5, 0.6) is 11.5 Å². The summed E-state index contributed by atoms with van der Waals surface area (Å²) in [5, 5.41) is 10.6. The molecule has 37 heavy (non-hydrogen) atoms. The molecule has 0 saturated carbocycles. The largest absolute Gasteiger partial charge is 0.493 e. The average Bonchev–Trinajstić information content (AvgIpc) is 3.18. The predicted molar refractivity (Wildman–Crippen MR) is 157 cm³/mol. The van der Waals surface area contributed by atoms with Crippen LogP contribution in [0.25, 0.3) is 6.08 Å². The number of benzene rings is 3. The SMILES string of the molecule is CCCN1C(=O)/C(=C/c2cc(I)c(OCc3ccccc3C#N)c(OC)c2)SC1=Nc1ccc(Cl)cc1. The molecule has 0 unspecified atom stereocenters. The number of halogens is 2. The van der Waals surface area contributed by atoms with Crippen molar-refractivity contribution in [3.05, 3.63) is 90.9 Å². The number of carbonyl (C=O) groups excluding carboxylic acids is 1. The van der Waals surface area contributed by atoms with Gasteiger partial charge in [-0.1, -0.05) is 36.7 Å². The Bertz CT molecular complexity index is 1420. The second-order valence-electron chi connectivity index (χ2n) is 8.03. The molecule has 0 N–H and O–H groups in total. The first-order valence-corrected chi connectivity index (χ1v) is 13.7. The highest BCUT2D eigenvalue weighted by Gasteiger charge is 2.33. The summed E-state index contributed by atoms with van der Waals surface area (Å²) in [4.78, 5) is 20.2. The fourth-order valence-corrected chi connectivity index (χ4v) is 5.59. The molecule has 1 aliphatic rings. The van der Waals surface area contributed by atoms with Gasteiger partial charge in [-0.05, 0) is 94.9 Å². The maximum atomic E-state index is 13.2. The number of nitriles is 1. The van der Waals surface area contributed by atoms with Crippen molar-refractivity contribution in [2.24, 2.45) is 4.99 Å². The Morgan fingerprint density at radius 2 is 1.95 bits per heavy atom. The van der Waals surface area contributed by atoms with Crippen molar-refractivity contribution in [3.8, 4) is 17.6 Å². The molecule has 0 atom stereocenters. The molecular weight excluding hydrogens is 621 g/mol. The van der Waals surface area contributed by atoms with E-state index in [-0.39, 0.29) is 12.5 Å². The molecule has 1 fully saturated rings. The molecule has 3 aromatic carbocycles. The summed E-state index contributed by atoms with van der Waals surface area (Å²) in [5.74, 6) is 1.05. The van der Waals surface area contributed by atoms with Crippen molar-refractivity contribution in [1.29, 1.82) is 5.26 Å². The molecule has 1 saturated heterocycles. The molecule has 0 aromatic heterocycles. The minimum absolute atomic E-state index is 0.0815. The summed E-state index contributed by atoms with van der Waals surface area (Å²) in [6, 6.07) is 20.5. The van der Waals surface area contributed by atoms with Gasteiger partial charge in [-0.25, -0.2) is 4.99 Å². The summed E-state index contributed by atoms with van der Waals surface area (Å²) in [5.41, 5.74) is 2.91. The maximum absolute atomic E-state index is 13.2. The third-order valence-electron chi connectivity index (χ3n) is 5.45. The molecule has 1 heterocycles. The molecule has 0 radical (unpaired) electrons. The highest BCUT2D eigenvalue weighted by Crippen LogP contribution is 2.38. The van der Waals surface area contributed by atoms with Crippen LogP contribution in [0.3, 0.4) is 0 Å². The van der Waals surface area contributed by atoms with Crippen LogP contribution < -0.4 is 9.47 Å². The fraction of sp³-hybridized carbons (Fsp3) is 0.179. The Balaban J connectivity index is 1.61. The Kier molecular flexibility index (Phi) is 9.14. The number of methoxy groups -OCH3 is 1. The quantitative estimate of drug-likeness (QED) is 0.189. The fourth-order valence-electron chi connectivity index (χ4n) is 3.66. The van der Waals surface area contributed by atoms with Crippen LogP contribution in [-0.2, 0) is 11.4 Å². The summed E-state index contributed by atoms with van der Waals surface area (Å²) in [7, 11) is 1.58. The van der Waals surface area contributed by atoms with Gasteiger partial charge >= 0.3 is 0 Å². The number of hydrogen-bond acceptors (Lipinski definition) is 6. The second-order valence-corrected chi connectivity index (χ2v) is 10.6. The van der Waals surface area contributed by atoms with E-state index in [0.29, 0.717) is 38.7 Å². The zero-order valence-electron chi connectivity index (χ0n) is 20.2. The minimum atomic E-state index is -0.0815. The molecule has 1 amide bonds. The van der Waals surface area contributed by atoms with Crippen molar-refractivity contribution >= 4 is 68.8 Å². The number of rotatable bonds is 8. The van der Waals surface area contributed by atoms with E-state index >= 15 is 0 Å². The van der Waals surface area contributed by atoms with Gasteiger partial charge in [0.1, 0.15) is 6.61 Å². The molecule has 3 aromatic rings. The third-order valence-corrected chi connectivity index (χ3v) is 7.51. The lowest BCUT2D eigenvalue weighted by Crippen LogP contribution is -2.29. The van der Waals surface area contributed by atoms with Gasteiger partial charge in [0.05, 0.1) is 32.9 Å². The lowest BCUT2D eigenvalue weighted by molar-refractivity contribution is -0.122. The molecule has 9 heteroatoms. The summed E-state index contributed by atoms with van der Waals surface area (Å²) in [6.45, 7) is 2.84. The van der Waals surface area contributed by atoms with Crippen LogP contribution in [-0.4, -0.2) is 29.6 Å². The first-order valence-electron chi connectivity index (χ1n) is 11.5. The summed E-state index contributed by atoms with van der Waals surface area (Å²) in [6.07, 6.45) is 2.66. The van der Waals surface area contributed by atoms with Crippen molar-refractivity contribution in [1.82, 2.24) is 4.90 Å². The first kappa shape index (κ1) is 27.0. The smallest absolute Gasteiger partial charge is 0.266 e. The number of amides is 1. The van der Waals surface area contributed by atoms with Gasteiger partial charge in [0.2, 0.25) is 0 Å². The number of carbonyl (C=O) groups is 1. The topological polar surface area (TPSA) is 74.9 Å². The van der Waals surface area contributed by atoms with E-state index in [0.717, 1.165) is 26.8 Å². The van der Waals surface area contributed by atoms with E-state index in [9.17, 15) is 10.1 Å². The predicted octanol–water partition coefficient (Wildman–Crippen LogP) is 7.42. The zero-order valence-corrected chi connectivity index (χ0v) is 23.9. The molecule has 0 aliphatic carbocycles. The molecule has 1 aliphatic heterocycles. The summed E-state index contributed by atoms with van der Waals surface area (Å²) < 4.78 is 12.5. The number of amidine groups is 1. The lowest BCUT2D eigenvalue weighted by Gasteiger charge is -2.14. The van der Waals surface area contributed by atoms with Crippen molar-refractivity contribution in [3.63, 3.8) is 0 Å². The highest BCUT2D eigenvalue weighted by atomic mass is 127. The van der Waals surface area contributed by atoms with E-state index in [1.54, 1.807) is 30.2 Å². The molecule has 6 nitrogen and oxygen atoms in total. The molecule has 0 spiro atoms. The monoisotopic (exact) mass is 643 g/mol. The van der Waals surface area contributed by atoms with Crippen molar-refractivity contribution in [2.75, 3.05) is 13.7 Å². The van der Waals surface area contributed by atoms with Crippen molar-refractivity contribution in [2.45, 2.75) is 20.0 Å². The number of ether oxygens (including phenoxy) is 2. The maximum Gasteiger partial charge on any atom is 0.266 e.